The summed E-state index contributed by atoms with van der Waals surface area (Å²) in [5.41, 5.74) is 0. The summed E-state index contributed by atoms with van der Waals surface area (Å²) in [5, 5.41) is 24.8. The molecular weight excluding hydrogens is 976 g/mol. The Morgan fingerprint density at radius 2 is 0.818 bits per heavy atom. The molecule has 0 saturated heterocycles. The van der Waals surface area contributed by atoms with Crippen LogP contribution in [0, 0.1) is 0 Å². The minimum Gasteiger partial charge on any atom is -0.756 e. The van der Waals surface area contributed by atoms with Crippen molar-refractivity contribution in [2.75, 3.05) is 40.9 Å². The monoisotopic (exact) mass is 1100 g/mol. The Hall–Kier alpha value is -1.58. The van der Waals surface area contributed by atoms with E-state index in [2.05, 4.69) is 67.8 Å². The van der Waals surface area contributed by atoms with Crippen LogP contribution in [0.3, 0.4) is 0 Å². The first-order valence-electron chi connectivity index (χ1n) is 33.1. The van der Waals surface area contributed by atoms with Crippen molar-refractivity contribution >= 4 is 13.7 Å². The number of nitrogens with one attached hydrogen (secondary N) is 1. The Morgan fingerprint density at radius 1 is 0.481 bits per heavy atom. The van der Waals surface area contributed by atoms with Crippen LogP contribution in [-0.2, 0) is 18.4 Å². The van der Waals surface area contributed by atoms with Gasteiger partial charge in [0.15, 0.2) is 0 Å². The van der Waals surface area contributed by atoms with Crippen LogP contribution in [0.1, 0.15) is 316 Å². The van der Waals surface area contributed by atoms with Crippen molar-refractivity contribution in [1.82, 2.24) is 5.32 Å². The zero-order valence-corrected chi connectivity index (χ0v) is 52.4. The summed E-state index contributed by atoms with van der Waals surface area (Å²) in [5.74, 6) is -0.273. The highest BCUT2D eigenvalue weighted by Crippen LogP contribution is 2.38. The van der Waals surface area contributed by atoms with E-state index in [1.54, 1.807) is 0 Å². The van der Waals surface area contributed by atoms with Crippen LogP contribution in [0.5, 0.6) is 0 Å². The van der Waals surface area contributed by atoms with E-state index in [1.807, 2.05) is 21.1 Å². The predicted octanol–water partition coefficient (Wildman–Crippen LogP) is 19.0. The molecule has 0 aromatic rings. The molecule has 1 amide bonds. The van der Waals surface area contributed by atoms with E-state index in [1.165, 1.54) is 225 Å². The summed E-state index contributed by atoms with van der Waals surface area (Å²) in [6.45, 7) is 4.35. The van der Waals surface area contributed by atoms with Crippen LogP contribution >= 0.6 is 7.82 Å². The number of rotatable bonds is 61. The number of aliphatic hydroxyl groups excluding tert-OH is 2. The first-order chi connectivity index (χ1) is 37.4. The number of quaternary nitrogens is 1. The summed E-state index contributed by atoms with van der Waals surface area (Å²) < 4.78 is 23.3. The molecule has 0 fully saturated rings. The molecule has 0 aromatic heterocycles. The minimum atomic E-state index is -4.67. The third kappa shape index (κ3) is 58.9. The summed E-state index contributed by atoms with van der Waals surface area (Å²) in [4.78, 5) is 25.6. The SMILES string of the molecule is CC/C=C\C/C=C\C/C=C\C/C=C\CCCCCCCCCCCCCCCCCCCCCCCCCCCCCCC(=O)NC(COP(=O)([O-])OCC[N+](C)(C)C)C(O)C(O)CCCCCCCCCCCCCC. The van der Waals surface area contributed by atoms with Crippen molar-refractivity contribution in [3.8, 4) is 0 Å². The van der Waals surface area contributed by atoms with Crippen LogP contribution in [0.4, 0.5) is 0 Å². The van der Waals surface area contributed by atoms with E-state index < -0.39 is 32.7 Å². The number of phosphoric acid groups is 1. The van der Waals surface area contributed by atoms with Gasteiger partial charge >= 0.3 is 0 Å². The van der Waals surface area contributed by atoms with Gasteiger partial charge in [0.05, 0.1) is 39.9 Å². The summed E-state index contributed by atoms with van der Waals surface area (Å²) in [6.07, 6.45) is 73.7. The van der Waals surface area contributed by atoms with E-state index in [4.69, 9.17) is 9.05 Å². The molecule has 0 radical (unpaired) electrons. The number of allylic oxidation sites excluding steroid dienone is 8. The van der Waals surface area contributed by atoms with Crippen LogP contribution in [0.2, 0.25) is 0 Å². The van der Waals surface area contributed by atoms with Gasteiger partial charge in [0.2, 0.25) is 5.91 Å². The molecule has 10 heteroatoms. The third-order valence-corrected chi connectivity index (χ3v) is 16.1. The number of hydrogen-bond acceptors (Lipinski definition) is 7. The van der Waals surface area contributed by atoms with Gasteiger partial charge in [0, 0.05) is 6.42 Å². The smallest absolute Gasteiger partial charge is 0.268 e. The normalized spacial score (nSPS) is 14.4. The van der Waals surface area contributed by atoms with E-state index in [0.717, 1.165) is 64.2 Å². The van der Waals surface area contributed by atoms with Crippen LogP contribution in [-0.4, -0.2) is 79.8 Å². The highest BCUT2D eigenvalue weighted by atomic mass is 31.2. The van der Waals surface area contributed by atoms with E-state index >= 15 is 0 Å². The number of carbonyl (C=O) groups is 1. The minimum absolute atomic E-state index is 0.0386. The van der Waals surface area contributed by atoms with Crippen LogP contribution < -0.4 is 10.2 Å². The van der Waals surface area contributed by atoms with Crippen LogP contribution in [0.15, 0.2) is 48.6 Å². The highest BCUT2D eigenvalue weighted by Gasteiger charge is 2.29. The molecule has 0 spiro atoms. The van der Waals surface area contributed by atoms with E-state index in [9.17, 15) is 24.5 Å². The largest absolute Gasteiger partial charge is 0.756 e. The van der Waals surface area contributed by atoms with Gasteiger partial charge in [-0.25, -0.2) is 0 Å². The Kier molecular flexibility index (Phi) is 56.5. The molecule has 454 valence electrons. The number of carbonyl (C=O) groups excluding carboxylic acids is 1. The fourth-order valence-corrected chi connectivity index (χ4v) is 10.7. The molecule has 0 saturated carbocycles. The van der Waals surface area contributed by atoms with Gasteiger partial charge in [-0.15, -0.1) is 0 Å². The van der Waals surface area contributed by atoms with Gasteiger partial charge in [0.25, 0.3) is 7.82 Å². The average molecular weight is 1110 g/mol. The van der Waals surface area contributed by atoms with Gasteiger partial charge in [-0.1, -0.05) is 306 Å². The third-order valence-electron chi connectivity index (χ3n) is 15.2. The second-order valence-corrected chi connectivity index (χ2v) is 25.3. The number of aliphatic hydroxyl groups is 2. The second kappa shape index (κ2) is 57.6. The summed E-state index contributed by atoms with van der Waals surface area (Å²) in [7, 11) is 1.14. The zero-order valence-electron chi connectivity index (χ0n) is 51.5. The first kappa shape index (κ1) is 75.4. The van der Waals surface area contributed by atoms with Crippen molar-refractivity contribution in [2.24, 2.45) is 0 Å². The fourth-order valence-electron chi connectivity index (χ4n) is 10.0. The number of amides is 1. The first-order valence-corrected chi connectivity index (χ1v) is 34.5. The Morgan fingerprint density at radius 3 is 1.19 bits per heavy atom. The Bertz CT molecular complexity index is 1410. The quantitative estimate of drug-likeness (QED) is 0.0239. The number of likely N-dealkylation sites (N-methyl/N-ethyl adjacent to an activating group) is 1. The lowest BCUT2D eigenvalue weighted by molar-refractivity contribution is -0.870. The van der Waals surface area contributed by atoms with E-state index in [0.29, 0.717) is 17.4 Å². The maximum absolute atomic E-state index is 13.0. The molecule has 0 bridgehead atoms. The molecule has 4 unspecified atom stereocenters. The molecule has 0 aromatic carbocycles. The molecule has 77 heavy (non-hydrogen) atoms. The fraction of sp³-hybridized carbons (Fsp3) is 0.866. The number of hydrogen-bond donors (Lipinski definition) is 3. The maximum Gasteiger partial charge on any atom is 0.268 e. The van der Waals surface area contributed by atoms with Gasteiger partial charge < -0.3 is 34.0 Å². The van der Waals surface area contributed by atoms with Crippen molar-refractivity contribution in [2.45, 2.75) is 334 Å². The average Bonchev–Trinajstić information content (AvgIpc) is 3.39. The van der Waals surface area contributed by atoms with Crippen molar-refractivity contribution in [3.63, 3.8) is 0 Å². The lowest BCUT2D eigenvalue weighted by Crippen LogP contribution is -2.51. The topological polar surface area (TPSA) is 128 Å². The second-order valence-electron chi connectivity index (χ2n) is 23.9. The molecule has 0 rings (SSSR count). The molecule has 0 aliphatic carbocycles. The molecule has 3 N–H and O–H groups in total. The Labute approximate surface area is 478 Å². The lowest BCUT2D eigenvalue weighted by atomic mass is 9.99. The van der Waals surface area contributed by atoms with Gasteiger partial charge in [-0.05, 0) is 51.4 Å². The predicted molar refractivity (Wildman–Crippen MR) is 331 cm³/mol. The zero-order chi connectivity index (χ0) is 56.4. The van der Waals surface area contributed by atoms with Gasteiger partial charge in [-0.2, -0.15) is 0 Å². The molecule has 9 nitrogen and oxygen atoms in total. The summed E-state index contributed by atoms with van der Waals surface area (Å²) in [6, 6.07) is -1.07. The number of phosphoric ester groups is 1. The van der Waals surface area contributed by atoms with Crippen molar-refractivity contribution in [3.05, 3.63) is 48.6 Å². The lowest BCUT2D eigenvalue weighted by Gasteiger charge is -2.31. The number of nitrogens with zero attached hydrogens (tertiary/aromatic N) is 1. The van der Waals surface area contributed by atoms with Gasteiger partial charge in [-0.3, -0.25) is 9.36 Å². The van der Waals surface area contributed by atoms with Crippen molar-refractivity contribution in [1.29, 1.82) is 0 Å². The molecule has 0 aliphatic rings. The van der Waals surface area contributed by atoms with Crippen LogP contribution in [0.25, 0.3) is 0 Å². The maximum atomic E-state index is 13.0. The standard InChI is InChI=1S/C67H129N2O7P/c1-6-8-10-12-14-16-18-20-21-22-23-24-25-26-27-28-29-30-31-32-33-34-35-36-37-38-39-40-41-42-43-44-45-46-47-48-50-52-54-56-58-60-66(71)68-64(63-76-77(73,74)75-62-61-69(3,4)5)67(72)65(70)59-57-55-53-51-49-19-17-15-13-11-9-7-2/h8,10,14,16,20-21,23-24,64-65,67,70,72H,6-7,9,11-13,15,17-19,22,25-63H2,1-5H3,(H-,68,71,73,74)/b10-8-,16-14-,21-20-,24-23-. The van der Waals surface area contributed by atoms with E-state index in [-0.39, 0.29) is 18.9 Å². The van der Waals surface area contributed by atoms with Crippen molar-refractivity contribution < 1.29 is 38.0 Å². The van der Waals surface area contributed by atoms with Gasteiger partial charge in [0.1, 0.15) is 19.3 Å². The molecule has 4 atom stereocenters. The Balaban J connectivity index is 3.87. The molecular formula is C67H129N2O7P. The number of unbranched alkanes of at least 4 members (excludes halogenated alkanes) is 39. The molecule has 0 aliphatic heterocycles. The summed E-state index contributed by atoms with van der Waals surface area (Å²) >= 11 is 0. The highest BCUT2D eigenvalue weighted by molar-refractivity contribution is 7.45. The molecule has 0 heterocycles.